The van der Waals surface area contributed by atoms with Crippen LogP contribution in [0.25, 0.3) is 0 Å². The predicted octanol–water partition coefficient (Wildman–Crippen LogP) is 3.58. The van der Waals surface area contributed by atoms with Crippen LogP contribution in [0.4, 0.5) is 11.5 Å². The van der Waals surface area contributed by atoms with Gasteiger partial charge in [0.1, 0.15) is 11.4 Å². The highest BCUT2D eigenvalue weighted by Gasteiger charge is 2.23. The van der Waals surface area contributed by atoms with Gasteiger partial charge in [0, 0.05) is 18.7 Å². The number of benzene rings is 1. The number of hydrogen-bond donors (Lipinski definition) is 2. The minimum absolute atomic E-state index is 0.112. The number of nitrogens with zero attached hydrogens (tertiary/aromatic N) is 2. The molecule has 0 aliphatic carbocycles. The third-order valence-corrected chi connectivity index (χ3v) is 4.75. The Hall–Kier alpha value is -2.89. The number of carboxylic acids is 1. The summed E-state index contributed by atoms with van der Waals surface area (Å²) in [7, 11) is 0. The summed E-state index contributed by atoms with van der Waals surface area (Å²) in [5.74, 6) is -0.217. The Morgan fingerprint density at radius 3 is 2.46 bits per heavy atom. The summed E-state index contributed by atoms with van der Waals surface area (Å²) in [6.07, 6.45) is 3.56. The van der Waals surface area contributed by atoms with E-state index in [4.69, 9.17) is 0 Å². The summed E-state index contributed by atoms with van der Waals surface area (Å²) in [5, 5.41) is 12.3. The van der Waals surface area contributed by atoms with Crippen molar-refractivity contribution in [1.29, 1.82) is 0 Å². The van der Waals surface area contributed by atoms with Gasteiger partial charge in [-0.3, -0.25) is 4.79 Å². The number of amides is 1. The van der Waals surface area contributed by atoms with E-state index < -0.39 is 5.97 Å². The Balaban J connectivity index is 1.81. The molecule has 0 atom stereocenters. The zero-order valence-corrected chi connectivity index (χ0v) is 15.0. The third kappa shape index (κ3) is 4.02. The summed E-state index contributed by atoms with van der Waals surface area (Å²) >= 11 is 0. The number of carbonyl (C=O) groups is 2. The van der Waals surface area contributed by atoms with Gasteiger partial charge in [0.25, 0.3) is 5.91 Å². The number of hydrogen-bond acceptors (Lipinski definition) is 4. The number of aromatic nitrogens is 1. The highest BCUT2D eigenvalue weighted by atomic mass is 16.4. The van der Waals surface area contributed by atoms with Gasteiger partial charge in [-0.05, 0) is 43.9 Å². The predicted molar refractivity (Wildman–Crippen MR) is 101 cm³/mol. The van der Waals surface area contributed by atoms with Gasteiger partial charge in [-0.15, -0.1) is 0 Å². The number of carbonyl (C=O) groups excluding carboxylic acids is 1. The van der Waals surface area contributed by atoms with Crippen LogP contribution >= 0.6 is 0 Å². The molecule has 1 amide bonds. The molecule has 2 heterocycles. The SMILES string of the molecule is Cc1ccc(C(=O)Nc2cnc(N3CCC(C)CC3)c(C(=O)O)c2)cc1. The second-order valence-corrected chi connectivity index (χ2v) is 6.89. The van der Waals surface area contributed by atoms with Crippen molar-refractivity contribution in [3.05, 3.63) is 53.2 Å². The molecule has 0 saturated carbocycles. The van der Waals surface area contributed by atoms with E-state index >= 15 is 0 Å². The van der Waals surface area contributed by atoms with Crippen LogP contribution < -0.4 is 10.2 Å². The van der Waals surface area contributed by atoms with Gasteiger partial charge in [-0.25, -0.2) is 9.78 Å². The highest BCUT2D eigenvalue weighted by Crippen LogP contribution is 2.26. The number of piperidine rings is 1. The molecule has 0 spiro atoms. The van der Waals surface area contributed by atoms with E-state index in [0.29, 0.717) is 23.0 Å². The first-order chi connectivity index (χ1) is 12.4. The van der Waals surface area contributed by atoms with Gasteiger partial charge < -0.3 is 15.3 Å². The molecule has 0 unspecified atom stereocenters. The maximum atomic E-state index is 12.3. The highest BCUT2D eigenvalue weighted by molar-refractivity contribution is 6.05. The number of aromatic carboxylic acids is 1. The Labute approximate surface area is 152 Å². The van der Waals surface area contributed by atoms with Crippen molar-refractivity contribution in [2.24, 2.45) is 5.92 Å². The fraction of sp³-hybridized carbons (Fsp3) is 0.350. The van der Waals surface area contributed by atoms with E-state index in [0.717, 1.165) is 31.5 Å². The molecule has 2 N–H and O–H groups in total. The number of nitrogens with one attached hydrogen (secondary N) is 1. The lowest BCUT2D eigenvalue weighted by Gasteiger charge is -2.32. The van der Waals surface area contributed by atoms with Crippen molar-refractivity contribution < 1.29 is 14.7 Å². The molecule has 1 fully saturated rings. The Morgan fingerprint density at radius 1 is 1.19 bits per heavy atom. The molecule has 136 valence electrons. The maximum absolute atomic E-state index is 12.3. The molecule has 6 nitrogen and oxygen atoms in total. The van der Waals surface area contributed by atoms with Crippen LogP contribution in [0.3, 0.4) is 0 Å². The van der Waals surface area contributed by atoms with E-state index in [1.165, 1.54) is 12.3 Å². The zero-order chi connectivity index (χ0) is 18.7. The average molecular weight is 353 g/mol. The maximum Gasteiger partial charge on any atom is 0.339 e. The lowest BCUT2D eigenvalue weighted by molar-refractivity contribution is 0.0696. The fourth-order valence-corrected chi connectivity index (χ4v) is 3.06. The van der Waals surface area contributed by atoms with Crippen molar-refractivity contribution in [2.75, 3.05) is 23.3 Å². The molecule has 1 aliphatic rings. The number of carboxylic acid groups (broad SMARTS) is 1. The summed E-state index contributed by atoms with van der Waals surface area (Å²) in [6, 6.07) is 8.67. The van der Waals surface area contributed by atoms with Gasteiger partial charge in [0.05, 0.1) is 11.9 Å². The lowest BCUT2D eigenvalue weighted by Crippen LogP contribution is -2.34. The number of aryl methyl sites for hydroxylation is 1. The molecule has 2 aromatic rings. The van der Waals surface area contributed by atoms with Gasteiger partial charge in [0.2, 0.25) is 0 Å². The molecule has 0 radical (unpaired) electrons. The molecule has 26 heavy (non-hydrogen) atoms. The van der Waals surface area contributed by atoms with Crippen LogP contribution in [-0.2, 0) is 0 Å². The average Bonchev–Trinajstić information content (AvgIpc) is 2.63. The van der Waals surface area contributed by atoms with E-state index in [1.807, 2.05) is 24.0 Å². The molecule has 0 bridgehead atoms. The van der Waals surface area contributed by atoms with Crippen molar-refractivity contribution in [1.82, 2.24) is 4.98 Å². The number of anilines is 2. The van der Waals surface area contributed by atoms with Gasteiger partial charge in [0.15, 0.2) is 0 Å². The van der Waals surface area contributed by atoms with Crippen molar-refractivity contribution in [2.45, 2.75) is 26.7 Å². The monoisotopic (exact) mass is 353 g/mol. The molecule has 6 heteroatoms. The second kappa shape index (κ2) is 7.56. The zero-order valence-electron chi connectivity index (χ0n) is 15.0. The number of pyridine rings is 1. The molecular formula is C20H23N3O3. The first-order valence-electron chi connectivity index (χ1n) is 8.80. The Morgan fingerprint density at radius 2 is 1.85 bits per heavy atom. The second-order valence-electron chi connectivity index (χ2n) is 6.89. The first-order valence-corrected chi connectivity index (χ1v) is 8.80. The Kier molecular flexibility index (Phi) is 5.21. The summed E-state index contributed by atoms with van der Waals surface area (Å²) in [5.41, 5.74) is 2.07. The van der Waals surface area contributed by atoms with Crippen molar-refractivity contribution >= 4 is 23.4 Å². The standard InChI is InChI=1S/C20H23N3O3/c1-13-3-5-15(6-4-13)19(24)22-16-11-17(20(25)26)18(21-12-16)23-9-7-14(2)8-10-23/h3-6,11-12,14H,7-10H2,1-2H3,(H,22,24)(H,25,26). The largest absolute Gasteiger partial charge is 0.478 e. The summed E-state index contributed by atoms with van der Waals surface area (Å²) in [4.78, 5) is 30.4. The minimum Gasteiger partial charge on any atom is -0.478 e. The van der Waals surface area contributed by atoms with Gasteiger partial charge >= 0.3 is 5.97 Å². The lowest BCUT2D eigenvalue weighted by atomic mass is 9.99. The van der Waals surface area contributed by atoms with Crippen LogP contribution in [0.15, 0.2) is 36.5 Å². The minimum atomic E-state index is -1.04. The van der Waals surface area contributed by atoms with Crippen LogP contribution in [-0.4, -0.2) is 35.1 Å². The molecule has 3 rings (SSSR count). The van der Waals surface area contributed by atoms with E-state index in [9.17, 15) is 14.7 Å². The van der Waals surface area contributed by atoms with Gasteiger partial charge in [-0.2, -0.15) is 0 Å². The third-order valence-electron chi connectivity index (χ3n) is 4.75. The first kappa shape index (κ1) is 17.9. The van der Waals surface area contributed by atoms with Gasteiger partial charge in [-0.1, -0.05) is 24.6 Å². The molecule has 1 aromatic carbocycles. The van der Waals surface area contributed by atoms with E-state index in [1.54, 1.807) is 12.1 Å². The topological polar surface area (TPSA) is 82.5 Å². The van der Waals surface area contributed by atoms with Crippen molar-refractivity contribution in [3.8, 4) is 0 Å². The smallest absolute Gasteiger partial charge is 0.339 e. The number of rotatable bonds is 4. The van der Waals surface area contributed by atoms with E-state index in [2.05, 4.69) is 17.2 Å². The van der Waals surface area contributed by atoms with Crippen molar-refractivity contribution in [3.63, 3.8) is 0 Å². The molecule has 1 aliphatic heterocycles. The summed E-state index contributed by atoms with van der Waals surface area (Å²) in [6.45, 7) is 5.74. The van der Waals surface area contributed by atoms with Crippen LogP contribution in [0, 0.1) is 12.8 Å². The molecule has 1 aromatic heterocycles. The van der Waals surface area contributed by atoms with Crippen LogP contribution in [0.1, 0.15) is 46.0 Å². The fourth-order valence-electron chi connectivity index (χ4n) is 3.06. The Bertz CT molecular complexity index is 810. The quantitative estimate of drug-likeness (QED) is 0.878. The normalized spacial score (nSPS) is 14.9. The molecular weight excluding hydrogens is 330 g/mol. The summed E-state index contributed by atoms with van der Waals surface area (Å²) < 4.78 is 0. The molecule has 1 saturated heterocycles. The van der Waals surface area contributed by atoms with Crippen LogP contribution in [0.5, 0.6) is 0 Å². The van der Waals surface area contributed by atoms with E-state index in [-0.39, 0.29) is 11.5 Å². The van der Waals surface area contributed by atoms with Crippen LogP contribution in [0.2, 0.25) is 0 Å².